The normalized spacial score (nSPS) is 11.3. The molecule has 16 heavy (non-hydrogen) atoms. The molecule has 84 valence electrons. The molecular weight excluding hydrogens is 207 g/mol. The average molecular weight is 220 g/mol. The van der Waals surface area contributed by atoms with Crippen LogP contribution in [0.15, 0.2) is 24.3 Å². The molecule has 2 N–H and O–H groups in total. The van der Waals surface area contributed by atoms with Crippen LogP contribution >= 0.6 is 0 Å². The van der Waals surface area contributed by atoms with Crippen molar-refractivity contribution in [1.82, 2.24) is 5.32 Å². The third-order valence-electron chi connectivity index (χ3n) is 2.04. The van der Waals surface area contributed by atoms with Gasteiger partial charge in [0.25, 0.3) is 0 Å². The van der Waals surface area contributed by atoms with Crippen LogP contribution in [-0.2, 0) is 0 Å². The van der Waals surface area contributed by atoms with E-state index >= 15 is 0 Å². The molecule has 0 saturated heterocycles. The summed E-state index contributed by atoms with van der Waals surface area (Å²) in [5.74, 6) is 1.94. The molecule has 0 aliphatic carbocycles. The fraction of sp³-hybridized carbons (Fsp3) is 0.250. The maximum Gasteiger partial charge on any atom is 0.320 e. The van der Waals surface area contributed by atoms with Crippen molar-refractivity contribution < 1.29 is 9.18 Å². The predicted octanol–water partition coefficient (Wildman–Crippen LogP) is 2.36. The lowest BCUT2D eigenvalue weighted by Crippen LogP contribution is -2.36. The van der Waals surface area contributed by atoms with Gasteiger partial charge in [0.2, 0.25) is 0 Å². The minimum Gasteiger partial charge on any atom is -0.324 e. The highest BCUT2D eigenvalue weighted by atomic mass is 19.1. The number of anilines is 1. The second kappa shape index (κ2) is 5.76. The van der Waals surface area contributed by atoms with Crippen LogP contribution in [0.3, 0.4) is 0 Å². The van der Waals surface area contributed by atoms with Crippen LogP contribution in [0, 0.1) is 18.2 Å². The zero-order valence-electron chi connectivity index (χ0n) is 8.96. The molecule has 1 atom stereocenters. The van der Waals surface area contributed by atoms with Gasteiger partial charge in [-0.25, -0.2) is 9.18 Å². The van der Waals surface area contributed by atoms with E-state index in [2.05, 4.69) is 16.6 Å². The Kier molecular flexibility index (Phi) is 4.34. The Morgan fingerprint density at radius 1 is 1.56 bits per heavy atom. The molecule has 1 rings (SSSR count). The molecule has 1 aromatic rings. The summed E-state index contributed by atoms with van der Waals surface area (Å²) in [4.78, 5) is 11.4. The molecule has 1 unspecified atom stereocenters. The summed E-state index contributed by atoms with van der Waals surface area (Å²) in [5, 5.41) is 4.93. The van der Waals surface area contributed by atoms with Gasteiger partial charge >= 0.3 is 6.03 Å². The van der Waals surface area contributed by atoms with Gasteiger partial charge in [-0.3, -0.25) is 0 Å². The van der Waals surface area contributed by atoms with Gasteiger partial charge in [-0.05, 0) is 18.6 Å². The highest BCUT2D eigenvalue weighted by Crippen LogP contribution is 2.11. The lowest BCUT2D eigenvalue weighted by atomic mass is 10.2. The Hall–Kier alpha value is -2.02. The summed E-state index contributed by atoms with van der Waals surface area (Å²) in [6.45, 7) is 1.86. The smallest absolute Gasteiger partial charge is 0.320 e. The van der Waals surface area contributed by atoms with E-state index in [4.69, 9.17) is 6.42 Å². The summed E-state index contributed by atoms with van der Waals surface area (Å²) >= 11 is 0. The number of nitrogens with one attached hydrogen (secondary N) is 2. The zero-order valence-corrected chi connectivity index (χ0v) is 8.96. The first kappa shape index (κ1) is 12.1. The number of carbonyl (C=O) groups excluding carboxylic acids is 1. The molecule has 2 amide bonds. The maximum atomic E-state index is 13.2. The Labute approximate surface area is 94.0 Å². The van der Waals surface area contributed by atoms with E-state index in [0.717, 1.165) is 0 Å². The lowest BCUT2D eigenvalue weighted by Gasteiger charge is -2.12. The molecule has 0 saturated carbocycles. The molecule has 0 aliphatic heterocycles. The van der Waals surface area contributed by atoms with E-state index in [1.165, 1.54) is 12.1 Å². The van der Waals surface area contributed by atoms with Crippen molar-refractivity contribution in [3.8, 4) is 12.3 Å². The first-order valence-corrected chi connectivity index (χ1v) is 4.95. The van der Waals surface area contributed by atoms with Gasteiger partial charge in [-0.15, -0.1) is 6.42 Å². The van der Waals surface area contributed by atoms with Crippen LogP contribution in [0.4, 0.5) is 14.9 Å². The third-order valence-corrected chi connectivity index (χ3v) is 2.04. The maximum absolute atomic E-state index is 13.2. The summed E-state index contributed by atoms with van der Waals surface area (Å²) in [6, 6.07) is 5.09. The van der Waals surface area contributed by atoms with Crippen molar-refractivity contribution in [3.05, 3.63) is 30.1 Å². The van der Waals surface area contributed by atoms with Gasteiger partial charge in [0.05, 0.1) is 11.7 Å². The molecule has 0 bridgehead atoms. The number of halogens is 1. The number of carbonyl (C=O) groups is 1. The summed E-state index contributed by atoms with van der Waals surface area (Å²) in [6.07, 6.45) is 5.81. The fourth-order valence-electron chi connectivity index (χ4n) is 1.14. The number of benzene rings is 1. The van der Waals surface area contributed by atoms with Crippen molar-refractivity contribution in [2.75, 3.05) is 5.32 Å². The van der Waals surface area contributed by atoms with Crippen LogP contribution in [0.1, 0.15) is 13.3 Å². The topological polar surface area (TPSA) is 41.1 Å². The number of terminal acetylenes is 1. The summed E-state index contributed by atoms with van der Waals surface area (Å²) in [7, 11) is 0. The van der Waals surface area contributed by atoms with Crippen molar-refractivity contribution in [1.29, 1.82) is 0 Å². The van der Waals surface area contributed by atoms with Crippen molar-refractivity contribution in [3.63, 3.8) is 0 Å². The molecule has 0 spiro atoms. The highest BCUT2D eigenvalue weighted by molar-refractivity contribution is 5.89. The zero-order chi connectivity index (χ0) is 12.0. The molecule has 0 fully saturated rings. The monoisotopic (exact) mass is 220 g/mol. The Morgan fingerprint density at radius 2 is 2.25 bits per heavy atom. The second-order valence-corrected chi connectivity index (χ2v) is 3.21. The number of hydrogen-bond acceptors (Lipinski definition) is 1. The largest absolute Gasteiger partial charge is 0.324 e. The molecule has 3 nitrogen and oxygen atoms in total. The van der Waals surface area contributed by atoms with Crippen LogP contribution in [0.2, 0.25) is 0 Å². The van der Waals surface area contributed by atoms with Gasteiger partial charge in [0.15, 0.2) is 0 Å². The van der Waals surface area contributed by atoms with E-state index in [0.29, 0.717) is 6.42 Å². The van der Waals surface area contributed by atoms with Crippen LogP contribution in [-0.4, -0.2) is 12.1 Å². The standard InChI is InChI=1S/C12H13FN2O/c1-3-9(4-2)14-12(16)15-11-8-6-5-7-10(11)13/h1,5-9H,4H2,2H3,(H2,14,15,16). The lowest BCUT2D eigenvalue weighted by molar-refractivity contribution is 0.250. The highest BCUT2D eigenvalue weighted by Gasteiger charge is 2.09. The Bertz CT molecular complexity index is 412. The van der Waals surface area contributed by atoms with Gasteiger partial charge in [-0.2, -0.15) is 0 Å². The average Bonchev–Trinajstić information content (AvgIpc) is 2.29. The molecule has 0 aromatic heterocycles. The molecule has 4 heteroatoms. The van der Waals surface area contributed by atoms with E-state index < -0.39 is 11.8 Å². The summed E-state index contributed by atoms with van der Waals surface area (Å²) < 4.78 is 13.2. The molecule has 1 aromatic carbocycles. The van der Waals surface area contributed by atoms with Crippen molar-refractivity contribution >= 4 is 11.7 Å². The minimum absolute atomic E-state index is 0.131. The van der Waals surface area contributed by atoms with Gasteiger partial charge < -0.3 is 10.6 Å². The first-order valence-electron chi connectivity index (χ1n) is 4.95. The van der Waals surface area contributed by atoms with Gasteiger partial charge in [0.1, 0.15) is 5.82 Å². The number of rotatable bonds is 3. The summed E-state index contributed by atoms with van der Waals surface area (Å²) in [5.41, 5.74) is 0.131. The first-order chi connectivity index (χ1) is 7.67. The molecule has 0 aliphatic rings. The van der Waals surface area contributed by atoms with E-state index in [1.54, 1.807) is 12.1 Å². The van der Waals surface area contributed by atoms with E-state index in [9.17, 15) is 9.18 Å². The third kappa shape index (κ3) is 3.28. The fourth-order valence-corrected chi connectivity index (χ4v) is 1.14. The quantitative estimate of drug-likeness (QED) is 0.754. The van der Waals surface area contributed by atoms with E-state index in [-0.39, 0.29) is 11.7 Å². The van der Waals surface area contributed by atoms with Gasteiger partial charge in [0, 0.05) is 0 Å². The number of amides is 2. The van der Waals surface area contributed by atoms with Crippen molar-refractivity contribution in [2.45, 2.75) is 19.4 Å². The van der Waals surface area contributed by atoms with E-state index in [1.807, 2.05) is 6.92 Å². The van der Waals surface area contributed by atoms with Gasteiger partial charge in [-0.1, -0.05) is 25.0 Å². The molecule has 0 heterocycles. The van der Waals surface area contributed by atoms with Crippen molar-refractivity contribution in [2.24, 2.45) is 0 Å². The second-order valence-electron chi connectivity index (χ2n) is 3.21. The predicted molar refractivity (Wildman–Crippen MR) is 61.5 cm³/mol. The Balaban J connectivity index is 2.59. The minimum atomic E-state index is -0.505. The number of urea groups is 1. The SMILES string of the molecule is C#CC(CC)NC(=O)Nc1ccccc1F. The number of hydrogen-bond donors (Lipinski definition) is 2. The molecule has 0 radical (unpaired) electrons. The van der Waals surface area contributed by atoms with Crippen LogP contribution in [0.25, 0.3) is 0 Å². The Morgan fingerprint density at radius 3 is 2.81 bits per heavy atom. The number of para-hydroxylation sites is 1. The van der Waals surface area contributed by atoms with Crippen LogP contribution < -0.4 is 10.6 Å². The molecular formula is C12H13FN2O. The van der Waals surface area contributed by atoms with Crippen LogP contribution in [0.5, 0.6) is 0 Å².